The molecule has 23 heavy (non-hydrogen) atoms. The Bertz CT molecular complexity index is 1100. The van der Waals surface area contributed by atoms with Crippen LogP contribution in [0.5, 0.6) is 0 Å². The quantitative estimate of drug-likeness (QED) is 0.567. The maximum Gasteiger partial charge on any atom is 0.281 e. The third kappa shape index (κ3) is 1.66. The summed E-state index contributed by atoms with van der Waals surface area (Å²) in [6.07, 6.45) is 6.68. The lowest BCUT2D eigenvalue weighted by atomic mass is 9.99. The molecule has 0 radical (unpaired) electrons. The first-order valence-electron chi connectivity index (χ1n) is 7.56. The van der Waals surface area contributed by atoms with E-state index in [2.05, 4.69) is 10.1 Å². The lowest BCUT2D eigenvalue weighted by molar-refractivity contribution is 0.420. The third-order valence-electron chi connectivity index (χ3n) is 4.56. The lowest BCUT2D eigenvalue weighted by Crippen LogP contribution is -2.20. The van der Waals surface area contributed by atoms with Gasteiger partial charge in [-0.3, -0.25) is 4.79 Å². The van der Waals surface area contributed by atoms with E-state index in [0.717, 1.165) is 40.4 Å². The fraction of sp³-hybridized carbons (Fsp3) is 0.235. The SMILES string of the molecule is Cc1c(-c2cnoc2)ccc2c3ocnc3c(=O)n(C3CC3)c12. The van der Waals surface area contributed by atoms with E-state index in [1.165, 1.54) is 6.39 Å². The minimum absolute atomic E-state index is 0.0747. The Labute approximate surface area is 130 Å². The molecule has 0 unspecified atom stereocenters. The Morgan fingerprint density at radius 1 is 1.30 bits per heavy atom. The van der Waals surface area contributed by atoms with Gasteiger partial charge in [-0.2, -0.15) is 0 Å². The zero-order valence-electron chi connectivity index (χ0n) is 12.4. The topological polar surface area (TPSA) is 74.1 Å². The van der Waals surface area contributed by atoms with Crippen molar-refractivity contribution in [2.45, 2.75) is 25.8 Å². The molecular weight excluding hydrogens is 294 g/mol. The number of nitrogens with zero attached hydrogens (tertiary/aromatic N) is 3. The molecule has 3 aromatic heterocycles. The van der Waals surface area contributed by atoms with E-state index in [9.17, 15) is 4.79 Å². The molecule has 0 amide bonds. The van der Waals surface area contributed by atoms with Crippen LogP contribution in [0.4, 0.5) is 0 Å². The number of benzene rings is 1. The smallest absolute Gasteiger partial charge is 0.281 e. The number of oxazole rings is 1. The van der Waals surface area contributed by atoms with Gasteiger partial charge < -0.3 is 13.5 Å². The standard InChI is InChI=1S/C17H13N3O3/c1-9-12(10-6-19-23-7-10)4-5-13-15(9)20(11-2-3-11)17(21)14-16(13)22-8-18-14/h4-8,11H,2-3H2,1H3. The molecule has 1 saturated carbocycles. The average molecular weight is 307 g/mol. The molecule has 1 aliphatic rings. The second kappa shape index (κ2) is 4.32. The second-order valence-corrected chi connectivity index (χ2v) is 5.98. The minimum atomic E-state index is -0.0747. The van der Waals surface area contributed by atoms with Crippen molar-refractivity contribution in [3.8, 4) is 11.1 Å². The van der Waals surface area contributed by atoms with Gasteiger partial charge in [-0.1, -0.05) is 11.2 Å². The summed E-state index contributed by atoms with van der Waals surface area (Å²) < 4.78 is 12.3. The Morgan fingerprint density at radius 3 is 2.91 bits per heavy atom. The minimum Gasteiger partial charge on any atom is -0.443 e. The summed E-state index contributed by atoms with van der Waals surface area (Å²) >= 11 is 0. The zero-order chi connectivity index (χ0) is 15.6. The summed E-state index contributed by atoms with van der Waals surface area (Å²) in [5, 5.41) is 4.70. The molecule has 5 rings (SSSR count). The number of aryl methyl sites for hydroxylation is 1. The molecule has 0 bridgehead atoms. The van der Waals surface area contributed by atoms with Crippen molar-refractivity contribution in [3.63, 3.8) is 0 Å². The normalized spacial score (nSPS) is 14.8. The Kier molecular flexibility index (Phi) is 2.37. The van der Waals surface area contributed by atoms with E-state index in [4.69, 9.17) is 8.94 Å². The van der Waals surface area contributed by atoms with Crippen molar-refractivity contribution in [3.05, 3.63) is 46.9 Å². The molecule has 4 aromatic rings. The Balaban J connectivity index is 1.99. The Morgan fingerprint density at radius 2 is 2.17 bits per heavy atom. The van der Waals surface area contributed by atoms with Crippen LogP contribution in [-0.2, 0) is 0 Å². The maximum atomic E-state index is 12.8. The molecule has 0 atom stereocenters. The molecular formula is C17H13N3O3. The average Bonchev–Trinajstić information content (AvgIpc) is 3.03. The van der Waals surface area contributed by atoms with Gasteiger partial charge in [0.1, 0.15) is 6.26 Å². The van der Waals surface area contributed by atoms with Gasteiger partial charge in [0, 0.05) is 17.0 Å². The first-order chi connectivity index (χ1) is 11.3. The summed E-state index contributed by atoms with van der Waals surface area (Å²) in [6, 6.07) is 4.24. The largest absolute Gasteiger partial charge is 0.443 e. The van der Waals surface area contributed by atoms with E-state index in [1.807, 2.05) is 23.6 Å². The molecule has 3 heterocycles. The third-order valence-corrected chi connectivity index (χ3v) is 4.56. The van der Waals surface area contributed by atoms with Gasteiger partial charge >= 0.3 is 0 Å². The molecule has 6 nitrogen and oxygen atoms in total. The molecule has 0 spiro atoms. The van der Waals surface area contributed by atoms with Gasteiger partial charge in [0.2, 0.25) is 0 Å². The molecule has 6 heteroatoms. The van der Waals surface area contributed by atoms with Gasteiger partial charge in [-0.05, 0) is 37.0 Å². The van der Waals surface area contributed by atoms with E-state index in [0.29, 0.717) is 11.1 Å². The van der Waals surface area contributed by atoms with Crippen molar-refractivity contribution >= 4 is 22.0 Å². The zero-order valence-corrected chi connectivity index (χ0v) is 12.4. The number of aromatic nitrogens is 3. The monoisotopic (exact) mass is 307 g/mol. The van der Waals surface area contributed by atoms with E-state index in [-0.39, 0.29) is 11.6 Å². The van der Waals surface area contributed by atoms with Crippen molar-refractivity contribution in [2.75, 3.05) is 0 Å². The summed E-state index contributed by atoms with van der Waals surface area (Å²) in [5.74, 6) is 0. The lowest BCUT2D eigenvalue weighted by Gasteiger charge is -2.14. The van der Waals surface area contributed by atoms with Gasteiger partial charge in [-0.25, -0.2) is 4.98 Å². The van der Waals surface area contributed by atoms with Gasteiger partial charge in [-0.15, -0.1) is 0 Å². The fourth-order valence-corrected chi connectivity index (χ4v) is 3.33. The number of pyridine rings is 1. The van der Waals surface area contributed by atoms with Crippen molar-refractivity contribution < 1.29 is 8.94 Å². The van der Waals surface area contributed by atoms with Crippen LogP contribution in [0.25, 0.3) is 33.1 Å². The number of hydrogen-bond donors (Lipinski definition) is 0. The highest BCUT2D eigenvalue weighted by molar-refractivity contribution is 6.03. The molecule has 1 aromatic carbocycles. The predicted molar refractivity (Wildman–Crippen MR) is 84.3 cm³/mol. The highest BCUT2D eigenvalue weighted by atomic mass is 16.5. The molecule has 0 saturated heterocycles. The second-order valence-electron chi connectivity index (χ2n) is 5.98. The van der Waals surface area contributed by atoms with Crippen molar-refractivity contribution in [1.29, 1.82) is 0 Å². The first kappa shape index (κ1) is 12.6. The Hall–Kier alpha value is -2.89. The fourth-order valence-electron chi connectivity index (χ4n) is 3.33. The summed E-state index contributed by atoms with van der Waals surface area (Å²) in [5.41, 5.74) is 4.73. The van der Waals surface area contributed by atoms with E-state index in [1.54, 1.807) is 12.5 Å². The van der Waals surface area contributed by atoms with Gasteiger partial charge in [0.15, 0.2) is 17.5 Å². The van der Waals surface area contributed by atoms with Crippen molar-refractivity contribution in [1.82, 2.24) is 14.7 Å². The van der Waals surface area contributed by atoms with E-state index >= 15 is 0 Å². The van der Waals surface area contributed by atoms with E-state index < -0.39 is 0 Å². The number of hydrogen-bond acceptors (Lipinski definition) is 5. The maximum absolute atomic E-state index is 12.8. The van der Waals surface area contributed by atoms with Gasteiger partial charge in [0.05, 0.1) is 11.7 Å². The van der Waals surface area contributed by atoms with Crippen LogP contribution in [0.15, 0.2) is 44.7 Å². The number of fused-ring (bicyclic) bond motifs is 3. The van der Waals surface area contributed by atoms with Crippen LogP contribution in [-0.4, -0.2) is 14.7 Å². The van der Waals surface area contributed by atoms with Crippen LogP contribution < -0.4 is 5.56 Å². The summed E-state index contributed by atoms with van der Waals surface area (Å²) in [4.78, 5) is 17.0. The van der Waals surface area contributed by atoms with Crippen LogP contribution in [0.3, 0.4) is 0 Å². The molecule has 1 aliphatic carbocycles. The molecule has 114 valence electrons. The van der Waals surface area contributed by atoms with Crippen LogP contribution in [0.2, 0.25) is 0 Å². The molecule has 1 fully saturated rings. The highest BCUT2D eigenvalue weighted by Crippen LogP contribution is 2.40. The summed E-state index contributed by atoms with van der Waals surface area (Å²) in [7, 11) is 0. The number of rotatable bonds is 2. The summed E-state index contributed by atoms with van der Waals surface area (Å²) in [6.45, 7) is 2.02. The van der Waals surface area contributed by atoms with Gasteiger partial charge in [0.25, 0.3) is 5.56 Å². The highest BCUT2D eigenvalue weighted by Gasteiger charge is 2.29. The first-order valence-corrected chi connectivity index (χ1v) is 7.56. The predicted octanol–water partition coefficient (Wildman–Crippen LogP) is 3.44. The van der Waals surface area contributed by atoms with Crippen LogP contribution >= 0.6 is 0 Å². The molecule has 0 N–H and O–H groups in total. The van der Waals surface area contributed by atoms with Crippen molar-refractivity contribution in [2.24, 2.45) is 0 Å². The molecule has 0 aliphatic heterocycles. The van der Waals surface area contributed by atoms with Crippen LogP contribution in [0, 0.1) is 6.92 Å². The van der Waals surface area contributed by atoms with Crippen LogP contribution in [0.1, 0.15) is 24.4 Å².